The number of oxazole rings is 1. The predicted octanol–water partition coefficient (Wildman–Crippen LogP) is 10.1. The number of amides is 2. The molecule has 14 nitrogen and oxygen atoms in total. The quantitative estimate of drug-likeness (QED) is 0.0168. The van der Waals surface area contributed by atoms with Gasteiger partial charge >= 0.3 is 41.3 Å². The monoisotopic (exact) mass is 1370 g/mol. The molecule has 2 unspecified atom stereocenters. The molecule has 1 spiro atoms. The number of aryl methyl sites for hydroxylation is 1. The first-order chi connectivity index (χ1) is 38.5. The van der Waals surface area contributed by atoms with E-state index in [4.69, 9.17) is 13.6 Å². The number of hydrogen-bond donors (Lipinski definition) is 2. The second-order valence-electron chi connectivity index (χ2n) is 19.5. The number of unbranched alkanes of at least 4 members (excludes halogenated alkanes) is 2. The molecule has 20 heteroatoms. The maximum atomic E-state index is 14.0. The Labute approximate surface area is 522 Å². The van der Waals surface area contributed by atoms with Crippen LogP contribution in [0.4, 0.5) is 5.69 Å². The van der Waals surface area contributed by atoms with E-state index in [0.29, 0.717) is 82.2 Å². The first-order valence-electron chi connectivity index (χ1n) is 25.8. The third kappa shape index (κ3) is 11.6. The number of ether oxygens (including phenoxy) is 1. The van der Waals surface area contributed by atoms with E-state index in [0.717, 1.165) is 39.8 Å². The number of carbonyl (C=O) groups excluding carboxylic acids is 2. The molecule has 6 aromatic carbocycles. The SMILES string of the molecule is CCC(=Cc1oc2ccc(-c3ccccc3)cc2[n+]1CCCCCC(=O)NCCNC(=O)c1ccccc1-c1c2cc(Br)c(=O)c(Br)c-2oc2c(Br)c([O-])c(Br)cc12)C=C1Oc2ccc(-c3ccccc3)cc2[N+]12CC2S(=O)(=O)[O-].[Na+]. The van der Waals surface area contributed by atoms with Gasteiger partial charge in [0.1, 0.15) is 10.1 Å². The number of benzene rings is 7. The van der Waals surface area contributed by atoms with E-state index < -0.39 is 21.4 Å². The smallest absolute Gasteiger partial charge is 0.871 e. The van der Waals surface area contributed by atoms with Crippen LogP contribution in [0.25, 0.3) is 72.8 Å². The molecule has 11 rings (SSSR count). The standard InChI is InChI=1S/C61H48Br4N4O10S.Na/c1-2-35(29-52-69(34-53(69)80(74,75)76)47-31-39(22-24-49(47)78-52)37-16-8-4-9-17-37)28-51-68(46-30-38(21-23-48(46)77-51)36-14-6-3-7-15-36)27-13-5-10-20-50(70)66-25-26-67-61(73)41-19-12-11-18-40(41)54-42-32-44(62)57(71)55(64)59(42)79-60-43(54)33-45(63)58(72)56(60)65;/h3-4,6-9,11-12,14-19,21-24,28-33,53H,2,5,10,13,20,25-27,34H2,1H3,(H2-2,66,67,70,71,72,73,74,75,76);/q;+1. The van der Waals surface area contributed by atoms with Gasteiger partial charge in [-0.3, -0.25) is 14.4 Å². The van der Waals surface area contributed by atoms with E-state index >= 15 is 0 Å². The fraction of sp³-hybridized carbons (Fsp3) is 0.180. The molecule has 3 aliphatic heterocycles. The topological polar surface area (TPSA) is 195 Å². The molecule has 406 valence electrons. The molecule has 4 aliphatic rings. The van der Waals surface area contributed by atoms with Gasteiger partial charge in [-0.2, -0.15) is 9.05 Å². The summed E-state index contributed by atoms with van der Waals surface area (Å²) in [7, 11) is -4.69. The Morgan fingerprint density at radius 3 is 2.15 bits per heavy atom. The van der Waals surface area contributed by atoms with E-state index in [1.807, 2.05) is 97.9 Å². The maximum absolute atomic E-state index is 14.0. The van der Waals surface area contributed by atoms with Crippen molar-refractivity contribution in [2.75, 3.05) is 19.6 Å². The van der Waals surface area contributed by atoms with E-state index in [1.54, 1.807) is 36.4 Å². The van der Waals surface area contributed by atoms with Crippen LogP contribution in [0, 0.1) is 0 Å². The van der Waals surface area contributed by atoms with Crippen molar-refractivity contribution >= 4 is 119 Å². The molecule has 81 heavy (non-hydrogen) atoms. The number of fused-ring (bicyclic) bond motifs is 5. The van der Waals surface area contributed by atoms with Gasteiger partial charge in [-0.05, 0) is 131 Å². The zero-order valence-corrected chi connectivity index (χ0v) is 52.9. The first kappa shape index (κ1) is 58.5. The van der Waals surface area contributed by atoms with Crippen LogP contribution < -0.4 is 64.5 Å². The van der Waals surface area contributed by atoms with Gasteiger partial charge in [0.25, 0.3) is 11.4 Å². The van der Waals surface area contributed by atoms with Crippen molar-refractivity contribution in [1.82, 2.24) is 15.1 Å². The fourth-order valence-electron chi connectivity index (χ4n) is 10.5. The van der Waals surface area contributed by atoms with Crippen molar-refractivity contribution in [2.24, 2.45) is 0 Å². The normalized spacial score (nSPS) is 16.2. The molecule has 1 aromatic heterocycles. The van der Waals surface area contributed by atoms with Gasteiger partial charge in [0, 0.05) is 70.7 Å². The second-order valence-corrected chi connectivity index (χ2v) is 24.4. The van der Waals surface area contributed by atoms with E-state index in [9.17, 15) is 32.5 Å². The van der Waals surface area contributed by atoms with Gasteiger partial charge in [0.15, 0.2) is 40.4 Å². The van der Waals surface area contributed by atoms with Crippen molar-refractivity contribution in [1.29, 1.82) is 0 Å². The van der Waals surface area contributed by atoms with Crippen molar-refractivity contribution < 1.29 is 75.4 Å². The molecule has 0 bridgehead atoms. The van der Waals surface area contributed by atoms with Crippen LogP contribution in [-0.2, 0) is 21.5 Å². The molecule has 1 saturated heterocycles. The molecular formula is C61H48Br4N4NaO10S+. The summed E-state index contributed by atoms with van der Waals surface area (Å²) in [6, 6.07) is 41.9. The van der Waals surface area contributed by atoms with Gasteiger partial charge < -0.3 is 33.9 Å². The van der Waals surface area contributed by atoms with E-state index in [-0.39, 0.29) is 106 Å². The zero-order valence-electron chi connectivity index (χ0n) is 43.7. The minimum absolute atomic E-state index is 0. The van der Waals surface area contributed by atoms with Crippen molar-refractivity contribution in [3.63, 3.8) is 0 Å². The molecule has 1 fully saturated rings. The average Bonchev–Trinajstić information content (AvgIpc) is 4.15. The summed E-state index contributed by atoms with van der Waals surface area (Å²) in [5, 5.41) is 18.2. The average molecular weight is 1370 g/mol. The largest absolute Gasteiger partial charge is 1.00 e. The van der Waals surface area contributed by atoms with Crippen LogP contribution >= 0.6 is 63.7 Å². The number of nitrogens with zero attached hydrogens (tertiary/aromatic N) is 2. The zero-order chi connectivity index (χ0) is 56.0. The Morgan fingerprint density at radius 2 is 1.44 bits per heavy atom. The van der Waals surface area contributed by atoms with E-state index in [1.165, 1.54) is 0 Å². The number of halogens is 4. The molecule has 0 saturated carbocycles. The summed E-state index contributed by atoms with van der Waals surface area (Å²) >= 11 is 13.5. The third-order valence-corrected chi connectivity index (χ3v) is 18.4. The minimum atomic E-state index is -4.69. The third-order valence-electron chi connectivity index (χ3n) is 14.6. The molecule has 2 atom stereocenters. The number of nitrogens with one attached hydrogen (secondary N) is 2. The van der Waals surface area contributed by atoms with Gasteiger partial charge in [-0.25, -0.2) is 8.42 Å². The molecule has 2 N–H and O–H groups in total. The molecule has 1 aliphatic carbocycles. The second kappa shape index (κ2) is 24.2. The molecule has 7 aromatic rings. The van der Waals surface area contributed by atoms with Crippen molar-refractivity contribution in [3.05, 3.63) is 191 Å². The summed E-state index contributed by atoms with van der Waals surface area (Å²) in [6.07, 6.45) is 6.62. The summed E-state index contributed by atoms with van der Waals surface area (Å²) in [5.41, 5.74) is 8.70. The Balaban J connectivity index is 0.00000736. The Bertz CT molecular complexity index is 4170. The van der Waals surface area contributed by atoms with E-state index in [2.05, 4.69) is 97.1 Å². The Hall–Kier alpha value is -5.71. The van der Waals surface area contributed by atoms with Crippen LogP contribution in [0.3, 0.4) is 0 Å². The minimum Gasteiger partial charge on any atom is -0.871 e. The number of carbonyl (C=O) groups is 2. The predicted molar refractivity (Wildman–Crippen MR) is 319 cm³/mol. The first-order valence-corrected chi connectivity index (χ1v) is 30.4. The fourth-order valence-corrected chi connectivity index (χ4v) is 13.9. The number of quaternary nitrogens is 1. The van der Waals surface area contributed by atoms with Crippen LogP contribution in [0.5, 0.6) is 11.5 Å². The summed E-state index contributed by atoms with van der Waals surface area (Å²) in [5.74, 6) is 0.749. The molecule has 4 heterocycles. The molecule has 0 radical (unpaired) electrons. The number of aromatic nitrogens is 1. The number of allylic oxidation sites excluding steroid dienone is 2. The van der Waals surface area contributed by atoms with Gasteiger partial charge in [-0.1, -0.05) is 120 Å². The van der Waals surface area contributed by atoms with Crippen LogP contribution in [-0.4, -0.2) is 49.8 Å². The summed E-state index contributed by atoms with van der Waals surface area (Å²) in [6.45, 7) is 2.95. The molecule has 2 amide bonds. The van der Waals surface area contributed by atoms with Crippen molar-refractivity contribution in [3.8, 4) is 56.2 Å². The van der Waals surface area contributed by atoms with Crippen LogP contribution in [0.1, 0.15) is 55.3 Å². The molecular weight excluding hydrogens is 1320 g/mol. The van der Waals surface area contributed by atoms with Gasteiger partial charge in [0.2, 0.25) is 22.3 Å². The number of rotatable bonds is 17. The van der Waals surface area contributed by atoms with Crippen molar-refractivity contribution in [2.45, 2.75) is 50.9 Å². The maximum Gasteiger partial charge on any atom is 1.00 e. The van der Waals surface area contributed by atoms with Crippen LogP contribution in [0.15, 0.2) is 183 Å². The summed E-state index contributed by atoms with van der Waals surface area (Å²) in [4.78, 5) is 40.1. The summed E-state index contributed by atoms with van der Waals surface area (Å²) < 4.78 is 60.1. The Kier molecular flexibility index (Phi) is 17.5. The van der Waals surface area contributed by atoms with Gasteiger partial charge in [0.05, 0.1) is 15.0 Å². The van der Waals surface area contributed by atoms with Gasteiger partial charge in [-0.15, -0.1) is 0 Å². The number of hydrogen-bond acceptors (Lipinski definition) is 10. The Morgan fingerprint density at radius 1 is 0.765 bits per heavy atom. The van der Waals surface area contributed by atoms with Crippen LogP contribution in [0.2, 0.25) is 0 Å².